The summed E-state index contributed by atoms with van der Waals surface area (Å²) in [6.07, 6.45) is -1.24. The van der Waals surface area contributed by atoms with Gasteiger partial charge in [0.25, 0.3) is 0 Å². The van der Waals surface area contributed by atoms with Gasteiger partial charge in [-0.1, -0.05) is 50.0 Å². The van der Waals surface area contributed by atoms with E-state index in [1.807, 2.05) is 33.8 Å². The zero-order chi connectivity index (χ0) is 18.8. The van der Waals surface area contributed by atoms with Gasteiger partial charge in [-0.3, -0.25) is 0 Å². The van der Waals surface area contributed by atoms with Gasteiger partial charge in [0.15, 0.2) is 0 Å². The van der Waals surface area contributed by atoms with Gasteiger partial charge in [0.2, 0.25) is 0 Å². The van der Waals surface area contributed by atoms with Gasteiger partial charge >= 0.3 is 6.09 Å². The van der Waals surface area contributed by atoms with E-state index in [4.69, 9.17) is 32.7 Å². The lowest BCUT2D eigenvalue weighted by Gasteiger charge is -2.35. The summed E-state index contributed by atoms with van der Waals surface area (Å²) in [6, 6.07) is 5.22. The lowest BCUT2D eigenvalue weighted by Crippen LogP contribution is -2.46. The molecule has 1 aliphatic heterocycles. The molecular weight excluding hydrogens is 365 g/mol. The second kappa shape index (κ2) is 7.70. The van der Waals surface area contributed by atoms with Crippen LogP contribution in [0.25, 0.3) is 0 Å². The Labute approximate surface area is 158 Å². The molecule has 0 radical (unpaired) electrons. The molecule has 0 saturated carbocycles. The van der Waals surface area contributed by atoms with Crippen molar-refractivity contribution in [1.29, 1.82) is 0 Å². The maximum Gasteiger partial charge on any atom is 0.407 e. The molecule has 1 heterocycles. The van der Waals surface area contributed by atoms with E-state index in [-0.39, 0.29) is 31.2 Å². The van der Waals surface area contributed by atoms with E-state index in [1.54, 1.807) is 12.1 Å². The van der Waals surface area contributed by atoms with Crippen LogP contribution in [0.1, 0.15) is 33.3 Å². The molecule has 1 amide bonds. The third-order valence-electron chi connectivity index (χ3n) is 4.45. The number of carboxylic acid groups (broad SMARTS) is 1. The molecule has 7 heteroatoms. The lowest BCUT2D eigenvalue weighted by molar-refractivity contribution is -0.115. The van der Waals surface area contributed by atoms with Crippen molar-refractivity contribution in [2.24, 2.45) is 5.41 Å². The third-order valence-corrected chi connectivity index (χ3v) is 5.19. The predicted octanol–water partition coefficient (Wildman–Crippen LogP) is 4.65. The monoisotopic (exact) mass is 389 g/mol. The van der Waals surface area contributed by atoms with Gasteiger partial charge < -0.3 is 19.5 Å². The molecule has 2 rings (SSSR count). The normalized spacial score (nSPS) is 24.9. The van der Waals surface area contributed by atoms with Gasteiger partial charge in [-0.05, 0) is 30.0 Å². The number of hydrogen-bond donors (Lipinski definition) is 1. The molecule has 25 heavy (non-hydrogen) atoms. The summed E-state index contributed by atoms with van der Waals surface area (Å²) in [4.78, 5) is 13.2. The smallest absolute Gasteiger partial charge is 0.407 e. The summed E-state index contributed by atoms with van der Waals surface area (Å²) in [6.45, 7) is 9.08. The Bertz CT molecular complexity index is 632. The van der Waals surface area contributed by atoms with Gasteiger partial charge in [-0.15, -0.1) is 0 Å². The Morgan fingerprint density at radius 2 is 2.08 bits per heavy atom. The molecule has 2 unspecified atom stereocenters. The summed E-state index contributed by atoms with van der Waals surface area (Å²) in [5, 5.41) is 10.5. The summed E-state index contributed by atoms with van der Waals surface area (Å²) < 4.78 is 12.2. The van der Waals surface area contributed by atoms with E-state index in [9.17, 15) is 9.90 Å². The molecule has 1 aromatic carbocycles. The minimum atomic E-state index is -0.996. The van der Waals surface area contributed by atoms with Gasteiger partial charge in [-0.2, -0.15) is 0 Å². The van der Waals surface area contributed by atoms with Crippen LogP contribution >= 0.6 is 23.2 Å². The van der Waals surface area contributed by atoms with E-state index < -0.39 is 11.7 Å². The van der Waals surface area contributed by atoms with E-state index in [2.05, 4.69) is 0 Å². The van der Waals surface area contributed by atoms with Crippen LogP contribution in [0.15, 0.2) is 18.2 Å². The van der Waals surface area contributed by atoms with Crippen molar-refractivity contribution >= 4 is 29.3 Å². The van der Waals surface area contributed by atoms with E-state index in [0.29, 0.717) is 16.7 Å². The molecule has 0 aromatic heterocycles. The Hall–Kier alpha value is -1.01. The first-order valence-electron chi connectivity index (χ1n) is 8.28. The fourth-order valence-electron chi connectivity index (χ4n) is 2.98. The fraction of sp³-hybridized carbons (Fsp3) is 0.611. The number of hydrogen-bond acceptors (Lipinski definition) is 3. The van der Waals surface area contributed by atoms with E-state index in [0.717, 1.165) is 5.56 Å². The molecule has 1 aromatic rings. The number of carbonyl (C=O) groups is 1. The number of nitrogens with zero attached hydrogens (tertiary/aromatic N) is 1. The number of amides is 1. The second-order valence-corrected chi connectivity index (χ2v) is 8.20. The Morgan fingerprint density at radius 3 is 2.60 bits per heavy atom. The Kier molecular flexibility index (Phi) is 6.26. The van der Waals surface area contributed by atoms with Crippen molar-refractivity contribution in [2.45, 2.75) is 39.4 Å². The molecule has 1 aliphatic rings. The predicted molar refractivity (Wildman–Crippen MR) is 98.6 cm³/mol. The van der Waals surface area contributed by atoms with Crippen LogP contribution in [0.3, 0.4) is 0 Å². The van der Waals surface area contributed by atoms with Gasteiger partial charge in [0, 0.05) is 6.61 Å². The van der Waals surface area contributed by atoms with Crippen molar-refractivity contribution in [3.8, 4) is 0 Å². The minimum Gasteiger partial charge on any atom is -0.465 e. The van der Waals surface area contributed by atoms with Gasteiger partial charge in [0.1, 0.15) is 5.60 Å². The Balaban J connectivity index is 2.47. The summed E-state index contributed by atoms with van der Waals surface area (Å²) in [7, 11) is 0. The quantitative estimate of drug-likeness (QED) is 0.816. The average molecular weight is 390 g/mol. The van der Waals surface area contributed by atoms with E-state index >= 15 is 0 Å². The molecule has 140 valence electrons. The standard InChI is InChI=1S/C18H25Cl2NO4/c1-5-25-18(12-6-7-13(19)14(20)8-12)10-21(16(22)23)9-15(24-11-18)17(2,3)4/h6-8,15H,5,9-11H2,1-4H3,(H,22,23). The van der Waals surface area contributed by atoms with E-state index in [1.165, 1.54) is 4.90 Å². The average Bonchev–Trinajstić information content (AvgIpc) is 2.71. The highest BCUT2D eigenvalue weighted by Crippen LogP contribution is 2.36. The maximum absolute atomic E-state index is 11.8. The van der Waals surface area contributed by atoms with Crippen molar-refractivity contribution in [1.82, 2.24) is 4.90 Å². The molecule has 0 aliphatic carbocycles. The number of halogens is 2. The first-order valence-corrected chi connectivity index (χ1v) is 9.03. The van der Waals surface area contributed by atoms with Crippen molar-refractivity contribution < 1.29 is 19.4 Å². The van der Waals surface area contributed by atoms with Crippen LogP contribution < -0.4 is 0 Å². The first-order chi connectivity index (χ1) is 11.6. The van der Waals surface area contributed by atoms with Crippen LogP contribution in [0.5, 0.6) is 0 Å². The highest BCUT2D eigenvalue weighted by atomic mass is 35.5. The topological polar surface area (TPSA) is 59.0 Å². The lowest BCUT2D eigenvalue weighted by atomic mass is 9.89. The van der Waals surface area contributed by atoms with Crippen molar-refractivity contribution in [2.75, 3.05) is 26.3 Å². The number of benzene rings is 1. The maximum atomic E-state index is 11.8. The highest BCUT2D eigenvalue weighted by molar-refractivity contribution is 6.42. The number of rotatable bonds is 3. The first kappa shape index (κ1) is 20.3. The Morgan fingerprint density at radius 1 is 1.40 bits per heavy atom. The SMILES string of the molecule is CCOC1(c2ccc(Cl)c(Cl)c2)COC(C(C)(C)C)CN(C(=O)O)C1. The zero-order valence-electron chi connectivity index (χ0n) is 15.0. The third kappa shape index (κ3) is 4.59. The summed E-state index contributed by atoms with van der Waals surface area (Å²) >= 11 is 12.2. The van der Waals surface area contributed by atoms with Crippen LogP contribution in [0.2, 0.25) is 10.0 Å². The number of ether oxygens (including phenoxy) is 2. The largest absolute Gasteiger partial charge is 0.465 e. The van der Waals surface area contributed by atoms with Crippen LogP contribution in [0, 0.1) is 5.41 Å². The second-order valence-electron chi connectivity index (χ2n) is 7.38. The molecule has 2 atom stereocenters. The van der Waals surface area contributed by atoms with Gasteiger partial charge in [0.05, 0.1) is 35.8 Å². The molecular formula is C18H25Cl2NO4. The summed E-state index contributed by atoms with van der Waals surface area (Å²) in [5.74, 6) is 0. The van der Waals surface area contributed by atoms with Crippen molar-refractivity contribution in [3.05, 3.63) is 33.8 Å². The minimum absolute atomic E-state index is 0.167. The van der Waals surface area contributed by atoms with Gasteiger partial charge in [-0.25, -0.2) is 4.79 Å². The molecule has 0 bridgehead atoms. The molecule has 0 spiro atoms. The highest BCUT2D eigenvalue weighted by Gasteiger charge is 2.43. The molecule has 5 nitrogen and oxygen atoms in total. The zero-order valence-corrected chi connectivity index (χ0v) is 16.5. The molecule has 1 saturated heterocycles. The van der Waals surface area contributed by atoms with Crippen LogP contribution in [0.4, 0.5) is 4.79 Å². The molecule has 1 N–H and O–H groups in total. The van der Waals surface area contributed by atoms with Crippen LogP contribution in [-0.2, 0) is 15.1 Å². The fourth-order valence-corrected chi connectivity index (χ4v) is 3.28. The van der Waals surface area contributed by atoms with Crippen LogP contribution in [-0.4, -0.2) is 48.5 Å². The van der Waals surface area contributed by atoms with Crippen molar-refractivity contribution in [3.63, 3.8) is 0 Å². The summed E-state index contributed by atoms with van der Waals surface area (Å²) in [5.41, 5.74) is -0.376. The molecule has 1 fully saturated rings.